The summed E-state index contributed by atoms with van der Waals surface area (Å²) in [4.78, 5) is 18.3. The molecule has 182 valence electrons. The second kappa shape index (κ2) is 10.2. The van der Waals surface area contributed by atoms with Crippen LogP contribution in [0.15, 0.2) is 30.5 Å². The normalized spacial score (nSPS) is 14.9. The number of carbonyl (C=O) groups excluding carboxylic acids is 1. The third-order valence-corrected chi connectivity index (χ3v) is 5.05. The van der Waals surface area contributed by atoms with Crippen molar-refractivity contribution in [2.45, 2.75) is 59.2 Å². The zero-order valence-electron chi connectivity index (χ0n) is 19.3. The molecule has 2 atom stereocenters. The second-order valence-corrected chi connectivity index (χ2v) is 10.0. The lowest BCUT2D eigenvalue weighted by Gasteiger charge is -2.33. The van der Waals surface area contributed by atoms with Crippen molar-refractivity contribution < 1.29 is 27.4 Å². The van der Waals surface area contributed by atoms with Gasteiger partial charge in [0.1, 0.15) is 18.0 Å². The van der Waals surface area contributed by atoms with Crippen LogP contribution < -0.4 is 10.5 Å². The van der Waals surface area contributed by atoms with Crippen molar-refractivity contribution in [3.63, 3.8) is 0 Å². The van der Waals surface area contributed by atoms with Crippen LogP contribution in [0.5, 0.6) is 5.75 Å². The maximum atomic E-state index is 12.9. The minimum Gasteiger partial charge on any atom is -0.488 e. The van der Waals surface area contributed by atoms with Crippen LogP contribution in [0, 0.1) is 11.3 Å². The molecular formula is C23H29ClF3N3O3. The third-order valence-electron chi connectivity index (χ3n) is 4.76. The Morgan fingerprint density at radius 3 is 2.36 bits per heavy atom. The number of aromatic nitrogens is 2. The van der Waals surface area contributed by atoms with Gasteiger partial charge < -0.3 is 15.2 Å². The molecule has 6 nitrogen and oxygen atoms in total. The van der Waals surface area contributed by atoms with Crippen LogP contribution in [-0.4, -0.2) is 28.3 Å². The fourth-order valence-electron chi connectivity index (χ4n) is 3.89. The molecule has 2 N–H and O–H groups in total. The minimum atomic E-state index is -4.65. The average molecular weight is 488 g/mol. The number of hydrogen-bond donors (Lipinski definition) is 1. The Hall–Kier alpha value is -2.55. The molecule has 0 radical (unpaired) electrons. The third kappa shape index (κ3) is 8.38. The van der Waals surface area contributed by atoms with E-state index in [2.05, 4.69) is 37.7 Å². The van der Waals surface area contributed by atoms with Gasteiger partial charge in [0.15, 0.2) is 0 Å². The number of carbonyl (C=O) groups is 1. The lowest BCUT2D eigenvalue weighted by Crippen LogP contribution is -2.41. The van der Waals surface area contributed by atoms with Gasteiger partial charge in [0, 0.05) is 11.8 Å². The molecule has 1 aromatic carbocycles. The fraction of sp³-hybridized carbons (Fsp3) is 0.522. The molecule has 33 heavy (non-hydrogen) atoms. The summed E-state index contributed by atoms with van der Waals surface area (Å²) in [6.45, 7) is 10.2. The van der Waals surface area contributed by atoms with Crippen LogP contribution in [0.4, 0.5) is 18.0 Å². The standard InChI is InChI=1S/C23H29ClF3N3O3/c1-14(11-21(2,3)4)12-22(5,33-20(28)31)13-32-18-7-6-15(10-16(18)24)17-8-9-29-19(30-17)23(25,26)27/h6-10,14H,11-13H2,1-5H3,(H2,28,31)/t14-,22-/m0/s1. The molecule has 0 unspecified atom stereocenters. The van der Waals surface area contributed by atoms with Crippen LogP contribution in [0.25, 0.3) is 11.3 Å². The Balaban J connectivity index is 2.18. The highest BCUT2D eigenvalue weighted by Gasteiger charge is 2.35. The summed E-state index contributed by atoms with van der Waals surface area (Å²) >= 11 is 6.31. The van der Waals surface area contributed by atoms with Crippen molar-refractivity contribution in [2.24, 2.45) is 17.1 Å². The maximum absolute atomic E-state index is 12.9. The Morgan fingerprint density at radius 1 is 1.15 bits per heavy atom. The molecule has 2 aromatic rings. The number of halogens is 4. The number of alkyl halides is 3. The van der Waals surface area contributed by atoms with Gasteiger partial charge >= 0.3 is 12.3 Å². The first-order chi connectivity index (χ1) is 15.1. The molecule has 2 rings (SSSR count). The average Bonchev–Trinajstić information content (AvgIpc) is 2.64. The van der Waals surface area contributed by atoms with E-state index < -0.39 is 23.7 Å². The van der Waals surface area contributed by atoms with Crippen LogP contribution >= 0.6 is 11.6 Å². The van der Waals surface area contributed by atoms with Gasteiger partial charge in [-0.3, -0.25) is 0 Å². The number of nitrogens with two attached hydrogens (primary N) is 1. The van der Waals surface area contributed by atoms with E-state index in [9.17, 15) is 18.0 Å². The van der Waals surface area contributed by atoms with Gasteiger partial charge in [0.2, 0.25) is 5.82 Å². The number of benzene rings is 1. The van der Waals surface area contributed by atoms with Gasteiger partial charge in [0.05, 0.1) is 10.7 Å². The molecule has 0 saturated carbocycles. The summed E-state index contributed by atoms with van der Waals surface area (Å²) in [5, 5.41) is 0.170. The molecule has 0 aliphatic rings. The Kier molecular flexibility index (Phi) is 8.22. The van der Waals surface area contributed by atoms with Gasteiger partial charge in [-0.15, -0.1) is 0 Å². The first-order valence-corrected chi connectivity index (χ1v) is 10.8. The summed E-state index contributed by atoms with van der Waals surface area (Å²) in [6.07, 6.45) is -3.11. The number of ether oxygens (including phenoxy) is 2. The van der Waals surface area contributed by atoms with E-state index in [0.717, 1.165) is 12.6 Å². The quantitative estimate of drug-likeness (QED) is 0.458. The molecular weight excluding hydrogens is 459 g/mol. The molecule has 1 aromatic heterocycles. The Morgan fingerprint density at radius 2 is 1.82 bits per heavy atom. The molecule has 0 aliphatic heterocycles. The van der Waals surface area contributed by atoms with Crippen LogP contribution in [-0.2, 0) is 10.9 Å². The van der Waals surface area contributed by atoms with Gasteiger partial charge in [0.25, 0.3) is 0 Å². The van der Waals surface area contributed by atoms with E-state index in [0.29, 0.717) is 12.0 Å². The van der Waals surface area contributed by atoms with Crippen molar-refractivity contribution in [3.05, 3.63) is 41.3 Å². The van der Waals surface area contributed by atoms with Crippen LogP contribution in [0.1, 0.15) is 53.3 Å². The number of nitrogens with zero attached hydrogens (tertiary/aromatic N) is 2. The Bertz CT molecular complexity index is 979. The molecule has 0 spiro atoms. The van der Waals surface area contributed by atoms with Gasteiger partial charge in [-0.2, -0.15) is 13.2 Å². The first kappa shape index (κ1) is 26.7. The fourth-order valence-corrected chi connectivity index (χ4v) is 4.13. The van der Waals surface area contributed by atoms with E-state index in [4.69, 9.17) is 26.8 Å². The summed E-state index contributed by atoms with van der Waals surface area (Å²) in [5.41, 5.74) is 4.82. The highest BCUT2D eigenvalue weighted by Crippen LogP contribution is 2.34. The molecule has 10 heteroatoms. The number of primary amides is 1. The van der Waals surface area contributed by atoms with Crippen molar-refractivity contribution in [3.8, 4) is 17.0 Å². The van der Waals surface area contributed by atoms with E-state index in [1.807, 2.05) is 0 Å². The SMILES string of the molecule is C[C@@H](CC(C)(C)C)C[C@@](C)(COc1ccc(-c2ccnc(C(F)(F)F)n2)cc1Cl)OC(N)=O. The van der Waals surface area contributed by atoms with E-state index in [1.165, 1.54) is 24.3 Å². The lowest BCUT2D eigenvalue weighted by molar-refractivity contribution is -0.144. The van der Waals surface area contributed by atoms with Crippen molar-refractivity contribution >= 4 is 17.7 Å². The highest BCUT2D eigenvalue weighted by atomic mass is 35.5. The smallest absolute Gasteiger partial charge is 0.451 e. The zero-order valence-corrected chi connectivity index (χ0v) is 20.0. The van der Waals surface area contributed by atoms with Gasteiger partial charge in [-0.25, -0.2) is 14.8 Å². The largest absolute Gasteiger partial charge is 0.488 e. The summed E-state index contributed by atoms with van der Waals surface area (Å²) in [6, 6.07) is 5.87. The van der Waals surface area contributed by atoms with Crippen molar-refractivity contribution in [2.75, 3.05) is 6.61 Å². The Labute approximate surface area is 196 Å². The predicted octanol–water partition coefficient (Wildman–Crippen LogP) is 6.51. The summed E-state index contributed by atoms with van der Waals surface area (Å²) in [5.74, 6) is -0.732. The number of amides is 1. The second-order valence-electron chi connectivity index (χ2n) is 9.64. The van der Waals surface area contributed by atoms with Gasteiger partial charge in [-0.1, -0.05) is 39.3 Å². The van der Waals surface area contributed by atoms with Crippen molar-refractivity contribution in [1.29, 1.82) is 0 Å². The van der Waals surface area contributed by atoms with E-state index >= 15 is 0 Å². The molecule has 0 fully saturated rings. The molecule has 0 saturated heterocycles. The number of rotatable bonds is 8. The predicted molar refractivity (Wildman–Crippen MR) is 120 cm³/mol. The summed E-state index contributed by atoms with van der Waals surface area (Å²) < 4.78 is 49.9. The molecule has 0 aliphatic carbocycles. The minimum absolute atomic E-state index is 0.00474. The highest BCUT2D eigenvalue weighted by molar-refractivity contribution is 6.32. The number of hydrogen-bond acceptors (Lipinski definition) is 5. The van der Waals surface area contributed by atoms with E-state index in [1.54, 1.807) is 6.92 Å². The lowest BCUT2D eigenvalue weighted by atomic mass is 9.81. The maximum Gasteiger partial charge on any atom is 0.451 e. The van der Waals surface area contributed by atoms with Crippen molar-refractivity contribution in [1.82, 2.24) is 9.97 Å². The first-order valence-electron chi connectivity index (χ1n) is 10.4. The molecule has 1 amide bonds. The molecule has 0 bridgehead atoms. The summed E-state index contributed by atoms with van der Waals surface area (Å²) in [7, 11) is 0. The topological polar surface area (TPSA) is 87.3 Å². The molecule has 1 heterocycles. The van der Waals surface area contributed by atoms with Crippen LogP contribution in [0.2, 0.25) is 5.02 Å². The van der Waals surface area contributed by atoms with Crippen LogP contribution in [0.3, 0.4) is 0 Å². The van der Waals surface area contributed by atoms with Gasteiger partial charge in [-0.05, 0) is 55.4 Å². The monoisotopic (exact) mass is 487 g/mol. The van der Waals surface area contributed by atoms with E-state index in [-0.39, 0.29) is 34.4 Å². The zero-order chi connectivity index (χ0) is 25.0.